The minimum Gasteiger partial charge on any atom is -0.367 e. The lowest BCUT2D eigenvalue weighted by Crippen LogP contribution is -2.24. The Morgan fingerprint density at radius 3 is 2.82 bits per heavy atom. The predicted molar refractivity (Wildman–Crippen MR) is 135 cm³/mol. The Hall–Kier alpha value is -3.10. The molecule has 0 fully saturated rings. The molecule has 5 rings (SSSR count). The number of thiazole rings is 1. The van der Waals surface area contributed by atoms with Crippen molar-refractivity contribution < 1.29 is 4.79 Å². The Morgan fingerprint density at radius 2 is 1.94 bits per heavy atom. The Kier molecular flexibility index (Phi) is 6.46. The minimum absolute atomic E-state index is 0.0216. The zero-order valence-corrected chi connectivity index (χ0v) is 19.7. The lowest BCUT2D eigenvalue weighted by molar-refractivity contribution is -0.118. The van der Waals surface area contributed by atoms with Gasteiger partial charge in [-0.25, -0.2) is 4.98 Å². The van der Waals surface area contributed by atoms with E-state index in [1.807, 2.05) is 5.38 Å². The zero-order chi connectivity index (χ0) is 22.6. The third-order valence-corrected chi connectivity index (χ3v) is 7.43. The van der Waals surface area contributed by atoms with Gasteiger partial charge in [-0.05, 0) is 29.2 Å². The molecule has 2 aromatic heterocycles. The van der Waals surface area contributed by atoms with Crippen LogP contribution >= 0.6 is 23.1 Å². The maximum atomic E-state index is 12.2. The summed E-state index contributed by atoms with van der Waals surface area (Å²) in [7, 11) is 0. The molecule has 0 saturated carbocycles. The monoisotopic (exact) mass is 476 g/mol. The molecule has 0 atom stereocenters. The molecular formula is C25H24N4O2S2. The van der Waals surface area contributed by atoms with E-state index in [9.17, 15) is 9.59 Å². The molecule has 1 aliphatic heterocycles. The van der Waals surface area contributed by atoms with Gasteiger partial charge in [-0.3, -0.25) is 14.0 Å². The summed E-state index contributed by atoms with van der Waals surface area (Å²) in [6.45, 7) is 2.46. The fraction of sp³-hybridized carbons (Fsp3) is 0.240. The third-order valence-electron chi connectivity index (χ3n) is 5.71. The molecule has 0 bridgehead atoms. The maximum Gasteiger partial charge on any atom is 0.258 e. The molecule has 3 heterocycles. The molecular weight excluding hydrogens is 452 g/mol. The standard InChI is InChI=1S/C25H24N4O2S2/c30-23(17-32-16-21-13-24(31)29-11-12-33-25(29)27-21)26-14-18-5-7-19(8-6-18)15-28-10-9-20-3-1-2-4-22(20)28/h1-8,11-13H,9-10,14-17H2,(H,26,30). The highest BCUT2D eigenvalue weighted by molar-refractivity contribution is 7.99. The highest BCUT2D eigenvalue weighted by Crippen LogP contribution is 2.28. The number of hydrogen-bond acceptors (Lipinski definition) is 6. The van der Waals surface area contributed by atoms with E-state index in [1.54, 1.807) is 6.20 Å². The van der Waals surface area contributed by atoms with Gasteiger partial charge >= 0.3 is 0 Å². The van der Waals surface area contributed by atoms with Gasteiger partial charge in [0.2, 0.25) is 5.91 Å². The van der Waals surface area contributed by atoms with Gasteiger partial charge in [0.15, 0.2) is 4.96 Å². The molecule has 4 aromatic rings. The van der Waals surface area contributed by atoms with Crippen LogP contribution in [0.4, 0.5) is 5.69 Å². The molecule has 8 heteroatoms. The summed E-state index contributed by atoms with van der Waals surface area (Å²) >= 11 is 2.89. The Labute approximate surface area is 200 Å². The SMILES string of the molecule is O=C(CSCc1cc(=O)n2ccsc2n1)NCc1ccc(CN2CCc3ccccc32)cc1. The van der Waals surface area contributed by atoms with Gasteiger partial charge < -0.3 is 10.2 Å². The van der Waals surface area contributed by atoms with Crippen LogP contribution in [0, 0.1) is 0 Å². The van der Waals surface area contributed by atoms with E-state index >= 15 is 0 Å². The molecule has 0 aliphatic carbocycles. The second-order valence-corrected chi connectivity index (χ2v) is 9.89. The highest BCUT2D eigenvalue weighted by Gasteiger charge is 2.18. The van der Waals surface area contributed by atoms with Gasteiger partial charge in [-0.2, -0.15) is 0 Å². The number of nitrogens with zero attached hydrogens (tertiary/aromatic N) is 3. The molecule has 33 heavy (non-hydrogen) atoms. The van der Waals surface area contributed by atoms with Gasteiger partial charge in [0.05, 0.1) is 11.4 Å². The first-order valence-electron chi connectivity index (χ1n) is 10.9. The van der Waals surface area contributed by atoms with Crippen LogP contribution in [0.1, 0.15) is 22.4 Å². The van der Waals surface area contributed by atoms with Crippen molar-refractivity contribution in [2.45, 2.75) is 25.3 Å². The molecule has 2 aromatic carbocycles. The van der Waals surface area contributed by atoms with Crippen LogP contribution in [-0.4, -0.2) is 27.6 Å². The summed E-state index contributed by atoms with van der Waals surface area (Å²) < 4.78 is 1.53. The van der Waals surface area contributed by atoms with Crippen molar-refractivity contribution in [2.75, 3.05) is 17.2 Å². The lowest BCUT2D eigenvalue weighted by Gasteiger charge is -2.19. The first-order chi connectivity index (χ1) is 16.2. The topological polar surface area (TPSA) is 66.7 Å². The van der Waals surface area contributed by atoms with Gasteiger partial charge in [0.1, 0.15) is 0 Å². The number of anilines is 1. The Morgan fingerprint density at radius 1 is 1.12 bits per heavy atom. The molecule has 0 radical (unpaired) electrons. The van der Waals surface area contributed by atoms with E-state index in [1.165, 1.54) is 50.4 Å². The number of carbonyl (C=O) groups excluding carboxylic acids is 1. The van der Waals surface area contributed by atoms with Gasteiger partial charge in [0, 0.05) is 48.7 Å². The van der Waals surface area contributed by atoms with Gasteiger partial charge in [-0.1, -0.05) is 42.5 Å². The average Bonchev–Trinajstić information content (AvgIpc) is 3.46. The minimum atomic E-state index is -0.0845. The average molecular weight is 477 g/mol. The molecule has 0 spiro atoms. The quantitative estimate of drug-likeness (QED) is 0.418. The van der Waals surface area contributed by atoms with E-state index in [4.69, 9.17) is 0 Å². The molecule has 1 amide bonds. The van der Waals surface area contributed by atoms with Crippen LogP contribution in [0.2, 0.25) is 0 Å². The second kappa shape index (κ2) is 9.80. The van der Waals surface area contributed by atoms with Crippen LogP contribution in [0.3, 0.4) is 0 Å². The first kappa shape index (κ1) is 21.7. The van der Waals surface area contributed by atoms with Gasteiger partial charge in [-0.15, -0.1) is 23.1 Å². The molecule has 1 N–H and O–H groups in total. The highest BCUT2D eigenvalue weighted by atomic mass is 32.2. The molecule has 168 valence electrons. The summed E-state index contributed by atoms with van der Waals surface area (Å²) in [6.07, 6.45) is 2.83. The largest absolute Gasteiger partial charge is 0.367 e. The number of fused-ring (bicyclic) bond motifs is 2. The van der Waals surface area contributed by atoms with E-state index in [-0.39, 0.29) is 11.5 Å². The number of aromatic nitrogens is 2. The number of hydrogen-bond donors (Lipinski definition) is 1. The number of carbonyl (C=O) groups is 1. The van der Waals surface area contributed by atoms with Crippen LogP contribution < -0.4 is 15.8 Å². The van der Waals surface area contributed by atoms with Crippen molar-refractivity contribution in [3.63, 3.8) is 0 Å². The first-order valence-corrected chi connectivity index (χ1v) is 12.9. The van der Waals surface area contributed by atoms with Crippen molar-refractivity contribution >= 4 is 39.7 Å². The predicted octanol–water partition coefficient (Wildman–Crippen LogP) is 3.87. The van der Waals surface area contributed by atoms with E-state index < -0.39 is 0 Å². The van der Waals surface area contributed by atoms with Crippen LogP contribution in [0.5, 0.6) is 0 Å². The van der Waals surface area contributed by atoms with E-state index in [2.05, 4.69) is 63.7 Å². The van der Waals surface area contributed by atoms with Crippen molar-refractivity contribution in [1.82, 2.24) is 14.7 Å². The Bertz CT molecular complexity index is 1330. The number of amides is 1. The number of thioether (sulfide) groups is 1. The van der Waals surface area contributed by atoms with E-state index in [0.29, 0.717) is 28.7 Å². The van der Waals surface area contributed by atoms with Crippen molar-refractivity contribution in [3.05, 3.63) is 98.9 Å². The number of nitrogens with one attached hydrogen (secondary N) is 1. The summed E-state index contributed by atoms with van der Waals surface area (Å²) in [5.41, 5.74) is 5.72. The van der Waals surface area contributed by atoms with Crippen LogP contribution in [-0.2, 0) is 30.1 Å². The summed E-state index contributed by atoms with van der Waals surface area (Å²) in [5, 5.41) is 4.81. The van der Waals surface area contributed by atoms with Crippen molar-refractivity contribution in [1.29, 1.82) is 0 Å². The normalized spacial score (nSPS) is 12.8. The van der Waals surface area contributed by atoms with Crippen LogP contribution in [0.15, 0.2) is 71.0 Å². The summed E-state index contributed by atoms with van der Waals surface area (Å²) in [5.74, 6) is 0.843. The molecule has 0 saturated heterocycles. The fourth-order valence-corrected chi connectivity index (χ4v) is 5.50. The molecule has 0 unspecified atom stereocenters. The lowest BCUT2D eigenvalue weighted by atomic mass is 10.1. The number of rotatable bonds is 8. The van der Waals surface area contributed by atoms with E-state index in [0.717, 1.165) is 25.1 Å². The maximum absolute atomic E-state index is 12.2. The number of para-hydroxylation sites is 1. The van der Waals surface area contributed by atoms with Crippen molar-refractivity contribution in [2.24, 2.45) is 0 Å². The molecule has 6 nitrogen and oxygen atoms in total. The zero-order valence-electron chi connectivity index (χ0n) is 18.1. The molecule has 1 aliphatic rings. The third kappa shape index (κ3) is 5.12. The van der Waals surface area contributed by atoms with Gasteiger partial charge in [0.25, 0.3) is 5.56 Å². The Balaban J connectivity index is 1.07. The summed E-state index contributed by atoms with van der Waals surface area (Å²) in [6, 6.07) is 18.6. The van der Waals surface area contributed by atoms with Crippen molar-refractivity contribution in [3.8, 4) is 0 Å². The summed E-state index contributed by atoms with van der Waals surface area (Å²) in [4.78, 5) is 31.8. The van der Waals surface area contributed by atoms with Crippen LogP contribution in [0.25, 0.3) is 4.96 Å². The second-order valence-electron chi connectivity index (χ2n) is 8.03. The fourth-order valence-electron chi connectivity index (χ4n) is 4.02. The smallest absolute Gasteiger partial charge is 0.258 e. The number of benzene rings is 2.